The molecule has 0 bridgehead atoms. The van der Waals surface area contributed by atoms with Crippen LogP contribution in [0, 0.1) is 10.1 Å². The first-order chi connectivity index (χ1) is 10.2. The number of carbonyl (C=O) groups is 1. The number of ether oxygens (including phenoxy) is 2. The number of methoxy groups -OCH3 is 1. The van der Waals surface area contributed by atoms with Gasteiger partial charge in [0, 0.05) is 17.8 Å². The molecule has 1 heterocycles. The van der Waals surface area contributed by atoms with Gasteiger partial charge in [0.15, 0.2) is 5.75 Å². The highest BCUT2D eigenvalue weighted by Crippen LogP contribution is 2.29. The first kappa shape index (κ1) is 14.4. The van der Waals surface area contributed by atoms with Gasteiger partial charge in [-0.2, -0.15) is 0 Å². The summed E-state index contributed by atoms with van der Waals surface area (Å²) >= 11 is 0. The van der Waals surface area contributed by atoms with Gasteiger partial charge in [-0.05, 0) is 24.3 Å². The van der Waals surface area contributed by atoms with E-state index in [-0.39, 0.29) is 18.0 Å². The number of nitro benzene ring substituents is 1. The first-order valence-corrected chi connectivity index (χ1v) is 6.00. The number of pyridine rings is 1. The summed E-state index contributed by atoms with van der Waals surface area (Å²) in [6.07, 6.45) is 2.17. The summed E-state index contributed by atoms with van der Waals surface area (Å²) in [5.74, 6) is 0.405. The Morgan fingerprint density at radius 2 is 2.19 bits per heavy atom. The average Bonchev–Trinajstić information content (AvgIpc) is 2.52. The van der Waals surface area contributed by atoms with Crippen LogP contribution in [-0.4, -0.2) is 23.3 Å². The molecule has 0 N–H and O–H groups in total. The predicted octanol–water partition coefficient (Wildman–Crippen LogP) is 2.39. The average molecular weight is 288 g/mol. The maximum Gasteiger partial charge on any atom is 0.310 e. The van der Waals surface area contributed by atoms with Gasteiger partial charge in [0.25, 0.3) is 0 Å². The SMILES string of the molecule is COc1ncccc1COc1cc(C=O)ccc1[N+](=O)[O-]. The van der Waals surface area contributed by atoms with Crippen LogP contribution in [0.2, 0.25) is 0 Å². The molecule has 0 saturated carbocycles. The molecule has 0 spiro atoms. The van der Waals surface area contributed by atoms with Crippen LogP contribution in [0.4, 0.5) is 5.69 Å². The van der Waals surface area contributed by atoms with Gasteiger partial charge < -0.3 is 9.47 Å². The summed E-state index contributed by atoms with van der Waals surface area (Å²) in [7, 11) is 1.47. The number of hydrogen-bond donors (Lipinski definition) is 0. The molecule has 2 aromatic rings. The second-order valence-electron chi connectivity index (χ2n) is 4.06. The minimum absolute atomic E-state index is 0.0236. The van der Waals surface area contributed by atoms with Crippen LogP contribution >= 0.6 is 0 Å². The lowest BCUT2D eigenvalue weighted by atomic mass is 10.2. The smallest absolute Gasteiger partial charge is 0.310 e. The molecule has 0 aliphatic heterocycles. The second kappa shape index (κ2) is 6.47. The maximum absolute atomic E-state index is 11.0. The van der Waals surface area contributed by atoms with E-state index in [2.05, 4.69) is 4.98 Å². The monoisotopic (exact) mass is 288 g/mol. The Morgan fingerprint density at radius 1 is 1.38 bits per heavy atom. The van der Waals surface area contributed by atoms with Gasteiger partial charge in [-0.3, -0.25) is 14.9 Å². The van der Waals surface area contributed by atoms with Crippen molar-refractivity contribution >= 4 is 12.0 Å². The number of aromatic nitrogens is 1. The zero-order valence-electron chi connectivity index (χ0n) is 11.2. The lowest BCUT2D eigenvalue weighted by Crippen LogP contribution is -2.02. The van der Waals surface area contributed by atoms with Gasteiger partial charge in [-0.25, -0.2) is 4.98 Å². The van der Waals surface area contributed by atoms with E-state index in [4.69, 9.17) is 9.47 Å². The van der Waals surface area contributed by atoms with Crippen LogP contribution in [0.1, 0.15) is 15.9 Å². The molecule has 1 aromatic carbocycles. The van der Waals surface area contributed by atoms with Gasteiger partial charge in [0.1, 0.15) is 12.9 Å². The van der Waals surface area contributed by atoms with E-state index in [0.717, 1.165) is 0 Å². The highest BCUT2D eigenvalue weighted by molar-refractivity contribution is 5.76. The van der Waals surface area contributed by atoms with Gasteiger partial charge in [0.05, 0.1) is 17.6 Å². The fraction of sp³-hybridized carbons (Fsp3) is 0.143. The third kappa shape index (κ3) is 3.33. The number of rotatable bonds is 6. The number of hydrogen-bond acceptors (Lipinski definition) is 6. The Labute approximate surface area is 120 Å². The Balaban J connectivity index is 2.26. The molecule has 21 heavy (non-hydrogen) atoms. The predicted molar refractivity (Wildman–Crippen MR) is 73.6 cm³/mol. The summed E-state index contributed by atoms with van der Waals surface area (Å²) in [4.78, 5) is 25.2. The Kier molecular flexibility index (Phi) is 4.45. The zero-order chi connectivity index (χ0) is 15.2. The van der Waals surface area contributed by atoms with E-state index in [9.17, 15) is 14.9 Å². The van der Waals surface area contributed by atoms with E-state index in [1.807, 2.05) is 0 Å². The number of carbonyl (C=O) groups excluding carboxylic acids is 1. The summed E-state index contributed by atoms with van der Waals surface area (Å²) in [6, 6.07) is 7.37. The molecule has 1 aromatic heterocycles. The van der Waals surface area contributed by atoms with Gasteiger partial charge in [-0.15, -0.1) is 0 Å². The fourth-order valence-corrected chi connectivity index (χ4v) is 1.74. The largest absolute Gasteiger partial charge is 0.482 e. The Bertz CT molecular complexity index is 672. The number of nitrogens with zero attached hydrogens (tertiary/aromatic N) is 2. The van der Waals surface area contributed by atoms with Crippen molar-refractivity contribution in [3.8, 4) is 11.6 Å². The summed E-state index contributed by atoms with van der Waals surface area (Å²) in [6.45, 7) is 0.0418. The third-order valence-corrected chi connectivity index (χ3v) is 2.74. The lowest BCUT2D eigenvalue weighted by molar-refractivity contribution is -0.385. The quantitative estimate of drug-likeness (QED) is 0.460. The molecule has 108 valence electrons. The van der Waals surface area contributed by atoms with Crippen molar-refractivity contribution in [1.82, 2.24) is 4.98 Å². The molecule has 0 saturated heterocycles. The number of nitro groups is 1. The molecule has 7 heteroatoms. The van der Waals surface area contributed by atoms with Crippen molar-refractivity contribution in [3.63, 3.8) is 0 Å². The van der Waals surface area contributed by atoms with Gasteiger partial charge >= 0.3 is 5.69 Å². The molecule has 7 nitrogen and oxygen atoms in total. The van der Waals surface area contributed by atoms with Gasteiger partial charge in [-0.1, -0.05) is 0 Å². The van der Waals surface area contributed by atoms with Gasteiger partial charge in [0.2, 0.25) is 5.88 Å². The van der Waals surface area contributed by atoms with Crippen molar-refractivity contribution < 1.29 is 19.2 Å². The fourth-order valence-electron chi connectivity index (χ4n) is 1.74. The first-order valence-electron chi connectivity index (χ1n) is 6.00. The normalized spacial score (nSPS) is 9.95. The van der Waals surface area contributed by atoms with Crippen LogP contribution in [-0.2, 0) is 6.61 Å². The molecule has 0 unspecified atom stereocenters. The molecule has 0 amide bonds. The Hall–Kier alpha value is -2.96. The lowest BCUT2D eigenvalue weighted by Gasteiger charge is -2.09. The molecular weight excluding hydrogens is 276 g/mol. The van der Waals surface area contributed by atoms with Crippen LogP contribution in [0.5, 0.6) is 11.6 Å². The van der Waals surface area contributed by atoms with Crippen molar-refractivity contribution in [3.05, 3.63) is 57.8 Å². The summed E-state index contributed by atoms with van der Waals surface area (Å²) < 4.78 is 10.5. The highest BCUT2D eigenvalue weighted by Gasteiger charge is 2.16. The summed E-state index contributed by atoms with van der Waals surface area (Å²) in [5, 5.41) is 11.0. The number of aldehydes is 1. The standard InChI is InChI=1S/C14H12N2O5/c1-20-14-11(3-2-6-15-14)9-21-13-7-10(8-17)4-5-12(13)16(18)19/h2-8H,9H2,1H3. The zero-order valence-corrected chi connectivity index (χ0v) is 11.2. The molecule has 0 atom stereocenters. The third-order valence-electron chi connectivity index (χ3n) is 2.74. The van der Waals surface area contributed by atoms with Crippen LogP contribution in [0.25, 0.3) is 0 Å². The van der Waals surface area contributed by atoms with Crippen molar-refractivity contribution in [2.24, 2.45) is 0 Å². The van der Waals surface area contributed by atoms with Crippen LogP contribution < -0.4 is 9.47 Å². The molecule has 2 rings (SSSR count). The Morgan fingerprint density at radius 3 is 2.86 bits per heavy atom. The molecule has 0 radical (unpaired) electrons. The maximum atomic E-state index is 11.0. The van der Waals surface area contributed by atoms with E-state index >= 15 is 0 Å². The van der Waals surface area contributed by atoms with E-state index in [1.165, 1.54) is 25.3 Å². The van der Waals surface area contributed by atoms with Crippen molar-refractivity contribution in [1.29, 1.82) is 0 Å². The molecule has 0 fully saturated rings. The number of benzene rings is 1. The molecule has 0 aliphatic rings. The van der Waals surface area contributed by atoms with Crippen LogP contribution in [0.3, 0.4) is 0 Å². The van der Waals surface area contributed by atoms with E-state index in [0.29, 0.717) is 23.3 Å². The highest BCUT2D eigenvalue weighted by atomic mass is 16.6. The minimum atomic E-state index is -0.565. The van der Waals surface area contributed by atoms with E-state index < -0.39 is 4.92 Å². The summed E-state index contributed by atoms with van der Waals surface area (Å²) in [5.41, 5.74) is 0.739. The van der Waals surface area contributed by atoms with Crippen molar-refractivity contribution in [2.45, 2.75) is 6.61 Å². The second-order valence-corrected chi connectivity index (χ2v) is 4.06. The molecule has 0 aliphatic carbocycles. The van der Waals surface area contributed by atoms with Crippen molar-refractivity contribution in [2.75, 3.05) is 7.11 Å². The topological polar surface area (TPSA) is 91.6 Å². The van der Waals surface area contributed by atoms with E-state index in [1.54, 1.807) is 18.3 Å². The minimum Gasteiger partial charge on any atom is -0.482 e. The van der Waals surface area contributed by atoms with Crippen LogP contribution in [0.15, 0.2) is 36.5 Å². The molecular formula is C14H12N2O5.